The van der Waals surface area contributed by atoms with Crippen LogP contribution in [0.1, 0.15) is 68.5 Å². The first-order valence-electron chi connectivity index (χ1n) is 12.7. The normalized spacial score (nSPS) is 11.7. The molecule has 0 aliphatic heterocycles. The van der Waals surface area contributed by atoms with Gasteiger partial charge < -0.3 is 4.74 Å². The Morgan fingerprint density at radius 2 is 1.73 bits per heavy atom. The average Bonchev–Trinajstić information content (AvgIpc) is 3.51. The lowest BCUT2D eigenvalue weighted by Crippen LogP contribution is -2.16. The van der Waals surface area contributed by atoms with Crippen LogP contribution in [0.2, 0.25) is 5.02 Å². The predicted molar refractivity (Wildman–Crippen MR) is 149 cm³/mol. The number of halogens is 1. The van der Waals surface area contributed by atoms with E-state index >= 15 is 0 Å². The van der Waals surface area contributed by atoms with Crippen molar-refractivity contribution in [3.63, 3.8) is 0 Å². The van der Waals surface area contributed by atoms with Crippen molar-refractivity contribution < 1.29 is 22.7 Å². The molecule has 212 valence electrons. The monoisotopic (exact) mass is 586 g/mol. The molecule has 0 unspecified atom stereocenters. The van der Waals surface area contributed by atoms with Crippen LogP contribution in [-0.4, -0.2) is 55.8 Å². The number of esters is 1. The molecule has 0 spiro atoms. The second kappa shape index (κ2) is 11.0. The van der Waals surface area contributed by atoms with Crippen molar-refractivity contribution in [2.24, 2.45) is 7.05 Å². The number of rotatable bonds is 9. The summed E-state index contributed by atoms with van der Waals surface area (Å²) in [7, 11) is -2.00. The molecule has 0 saturated carbocycles. The number of carbonyl (C=O) groups is 2. The topological polar surface area (TPSA) is 131 Å². The minimum absolute atomic E-state index is 0.000255. The van der Waals surface area contributed by atoms with E-state index in [1.54, 1.807) is 24.9 Å². The third-order valence-electron chi connectivity index (χ3n) is 6.52. The molecule has 0 N–H and O–H groups in total. The molecule has 11 nitrogen and oxygen atoms in total. The molecule has 0 atom stereocenters. The van der Waals surface area contributed by atoms with Gasteiger partial charge in [0.15, 0.2) is 9.84 Å². The Bertz CT molecular complexity index is 1750. The van der Waals surface area contributed by atoms with Gasteiger partial charge in [-0.05, 0) is 52.3 Å². The van der Waals surface area contributed by atoms with Gasteiger partial charge in [0.25, 0.3) is 0 Å². The summed E-state index contributed by atoms with van der Waals surface area (Å²) in [5.41, 5.74) is 3.11. The molecule has 0 saturated heterocycles. The lowest BCUT2D eigenvalue weighted by molar-refractivity contribution is 0.0715. The Kier molecular flexibility index (Phi) is 8.04. The van der Waals surface area contributed by atoms with Crippen molar-refractivity contribution in [3.05, 3.63) is 74.4 Å². The molecule has 40 heavy (non-hydrogen) atoms. The van der Waals surface area contributed by atoms with Gasteiger partial charge in [-0.2, -0.15) is 15.3 Å². The standard InChI is InChI=1S/C27H31ClN6O5S/c1-8-21-23(26(33(9-2)31-21)39-27(36)19-13-32(6)30-17(19)5)25(35)18-10-11-22(40(7,37)38)20(24(18)28)14-34-16(4)12-15(3)29-34/h10-13H,8-9,14H2,1-7H3. The molecule has 3 aromatic heterocycles. The first-order chi connectivity index (χ1) is 18.8. The van der Waals surface area contributed by atoms with Crippen molar-refractivity contribution in [1.29, 1.82) is 0 Å². The maximum absolute atomic E-state index is 14.1. The molecule has 0 aliphatic rings. The first-order valence-corrected chi connectivity index (χ1v) is 14.9. The van der Waals surface area contributed by atoms with Crippen LogP contribution in [-0.2, 0) is 36.4 Å². The molecule has 4 aromatic rings. The van der Waals surface area contributed by atoms with Gasteiger partial charge in [0.1, 0.15) is 11.1 Å². The summed E-state index contributed by atoms with van der Waals surface area (Å²) < 4.78 is 35.7. The average molecular weight is 587 g/mol. The lowest BCUT2D eigenvalue weighted by Gasteiger charge is -2.15. The summed E-state index contributed by atoms with van der Waals surface area (Å²) in [6, 6.07) is 4.61. The molecule has 0 radical (unpaired) electrons. The van der Waals surface area contributed by atoms with Crippen molar-refractivity contribution >= 4 is 33.2 Å². The van der Waals surface area contributed by atoms with Crippen LogP contribution < -0.4 is 4.74 Å². The van der Waals surface area contributed by atoms with Gasteiger partial charge in [-0.25, -0.2) is 17.9 Å². The maximum atomic E-state index is 14.1. The third-order valence-corrected chi connectivity index (χ3v) is 8.13. The molecule has 4 rings (SSSR count). The zero-order chi connectivity index (χ0) is 29.5. The van der Waals surface area contributed by atoms with E-state index in [2.05, 4.69) is 15.3 Å². The number of aromatic nitrogens is 6. The molecular formula is C27H31ClN6O5S. The quantitative estimate of drug-likeness (QED) is 0.213. The molecule has 1 aromatic carbocycles. The number of benzene rings is 1. The number of nitrogens with zero attached hydrogens (tertiary/aromatic N) is 6. The number of hydrogen-bond acceptors (Lipinski definition) is 8. The van der Waals surface area contributed by atoms with E-state index in [-0.39, 0.29) is 44.6 Å². The summed E-state index contributed by atoms with van der Waals surface area (Å²) in [5.74, 6) is -1.23. The van der Waals surface area contributed by atoms with E-state index in [1.165, 1.54) is 21.5 Å². The summed E-state index contributed by atoms with van der Waals surface area (Å²) in [4.78, 5) is 27.2. The molecule has 3 heterocycles. The Morgan fingerprint density at radius 3 is 2.25 bits per heavy atom. The van der Waals surface area contributed by atoms with Crippen molar-refractivity contribution in [1.82, 2.24) is 29.3 Å². The highest BCUT2D eigenvalue weighted by atomic mass is 35.5. The summed E-state index contributed by atoms with van der Waals surface area (Å²) >= 11 is 6.82. The zero-order valence-electron chi connectivity index (χ0n) is 23.4. The number of ketones is 1. The Labute approximate surface area is 237 Å². The van der Waals surface area contributed by atoms with Crippen molar-refractivity contribution in [2.45, 2.75) is 59.0 Å². The molecule has 0 bridgehead atoms. The molecule has 0 aliphatic carbocycles. The highest BCUT2D eigenvalue weighted by Gasteiger charge is 2.31. The van der Waals surface area contributed by atoms with Crippen LogP contribution in [0.4, 0.5) is 0 Å². The lowest BCUT2D eigenvalue weighted by atomic mass is 10.00. The van der Waals surface area contributed by atoms with Crippen LogP contribution in [0.5, 0.6) is 5.88 Å². The van der Waals surface area contributed by atoms with E-state index in [0.29, 0.717) is 24.4 Å². The fourth-order valence-corrected chi connectivity index (χ4v) is 5.92. The van der Waals surface area contributed by atoms with E-state index in [9.17, 15) is 18.0 Å². The predicted octanol–water partition coefficient (Wildman–Crippen LogP) is 3.88. The molecule has 0 amide bonds. The van der Waals surface area contributed by atoms with Crippen LogP contribution >= 0.6 is 11.6 Å². The van der Waals surface area contributed by atoms with E-state index in [1.807, 2.05) is 33.8 Å². The fraction of sp³-hybridized carbons (Fsp3) is 0.370. The van der Waals surface area contributed by atoms with Gasteiger partial charge in [-0.1, -0.05) is 18.5 Å². The number of hydrogen-bond donors (Lipinski definition) is 0. The smallest absolute Gasteiger partial charge is 0.348 e. The number of sulfone groups is 1. The summed E-state index contributed by atoms with van der Waals surface area (Å²) in [6.45, 7) is 9.38. The summed E-state index contributed by atoms with van der Waals surface area (Å²) in [5, 5.41) is 13.1. The van der Waals surface area contributed by atoms with E-state index < -0.39 is 21.6 Å². The minimum Gasteiger partial charge on any atom is -0.403 e. The van der Waals surface area contributed by atoms with Gasteiger partial charge in [0.2, 0.25) is 11.7 Å². The van der Waals surface area contributed by atoms with Crippen molar-refractivity contribution in [2.75, 3.05) is 6.26 Å². The van der Waals surface area contributed by atoms with Crippen molar-refractivity contribution in [3.8, 4) is 5.88 Å². The SMILES string of the molecule is CCc1nn(CC)c(OC(=O)c2cn(C)nc2C)c1C(=O)c1ccc(S(C)(=O)=O)c(Cn2nc(C)cc2C)c1Cl. The highest BCUT2D eigenvalue weighted by Crippen LogP contribution is 2.34. The number of aryl methyl sites for hydroxylation is 6. The van der Waals surface area contributed by atoms with Gasteiger partial charge >= 0.3 is 5.97 Å². The summed E-state index contributed by atoms with van der Waals surface area (Å²) in [6.07, 6.45) is 3.00. The molecule has 13 heteroatoms. The molecule has 0 fully saturated rings. The molecular weight excluding hydrogens is 556 g/mol. The maximum Gasteiger partial charge on any atom is 0.348 e. The first kappa shape index (κ1) is 29.2. The van der Waals surface area contributed by atoms with Crippen LogP contribution in [0.15, 0.2) is 29.3 Å². The van der Waals surface area contributed by atoms with E-state index in [4.69, 9.17) is 16.3 Å². The van der Waals surface area contributed by atoms with E-state index in [0.717, 1.165) is 17.6 Å². The number of ether oxygens (including phenoxy) is 1. The zero-order valence-corrected chi connectivity index (χ0v) is 25.0. The second-order valence-corrected chi connectivity index (χ2v) is 11.9. The van der Waals surface area contributed by atoms with Crippen LogP contribution in [0, 0.1) is 20.8 Å². The fourth-order valence-electron chi connectivity index (χ4n) is 4.62. The largest absolute Gasteiger partial charge is 0.403 e. The second-order valence-electron chi connectivity index (χ2n) is 9.58. The van der Waals surface area contributed by atoms with Gasteiger partial charge in [0.05, 0.1) is 33.5 Å². The van der Waals surface area contributed by atoms with Gasteiger partial charge in [-0.15, -0.1) is 0 Å². The Hall–Kier alpha value is -3.77. The third kappa shape index (κ3) is 5.46. The number of carbonyl (C=O) groups excluding carboxylic acids is 2. The highest BCUT2D eigenvalue weighted by molar-refractivity contribution is 7.90. The minimum atomic E-state index is -3.69. The Balaban J connectivity index is 1.86. The van der Waals surface area contributed by atoms with Crippen LogP contribution in [0.25, 0.3) is 0 Å². The van der Waals surface area contributed by atoms with Crippen LogP contribution in [0.3, 0.4) is 0 Å². The van der Waals surface area contributed by atoms with Gasteiger partial charge in [-0.3, -0.25) is 14.2 Å². The Morgan fingerprint density at radius 1 is 1.02 bits per heavy atom. The van der Waals surface area contributed by atoms with Gasteiger partial charge in [0, 0.05) is 42.9 Å².